The standard InChI is InChI=1S/C19H22Br3NO/c1-17(2)18(15(21)22)8-9-19(17,14(18)20)16(24)23-10-7-12-5-3-4-6-13(12)11-23/h3-6,14-15H,7-11H2,1-2H3/t14-,18-,19+/m1/s1. The number of nitrogens with zero attached hydrogens (tertiary/aromatic N) is 1. The van der Waals surface area contributed by atoms with Crippen LogP contribution in [0.3, 0.4) is 0 Å². The quantitative estimate of drug-likeness (QED) is 0.488. The average Bonchev–Trinajstić information content (AvgIpc) is 3.03. The van der Waals surface area contributed by atoms with Crippen molar-refractivity contribution in [2.75, 3.05) is 6.54 Å². The second kappa shape index (κ2) is 5.56. The van der Waals surface area contributed by atoms with Gasteiger partial charge in [0.05, 0.1) is 9.15 Å². The molecule has 2 bridgehead atoms. The molecule has 3 fully saturated rings. The van der Waals surface area contributed by atoms with Crippen LogP contribution in [0.15, 0.2) is 24.3 Å². The van der Waals surface area contributed by atoms with Crippen LogP contribution in [-0.4, -0.2) is 25.9 Å². The van der Waals surface area contributed by atoms with Crippen LogP contribution in [0.4, 0.5) is 0 Å². The number of alkyl halides is 3. The van der Waals surface area contributed by atoms with Crippen molar-refractivity contribution < 1.29 is 4.79 Å². The third-order valence-corrected chi connectivity index (χ3v) is 10.5. The zero-order chi connectivity index (χ0) is 17.3. The molecule has 5 rings (SSSR count). The lowest BCUT2D eigenvalue weighted by Gasteiger charge is -2.66. The first kappa shape index (κ1) is 17.5. The fourth-order valence-electron chi connectivity index (χ4n) is 5.62. The van der Waals surface area contributed by atoms with Gasteiger partial charge in [-0.2, -0.15) is 0 Å². The number of carbonyl (C=O) groups is 1. The van der Waals surface area contributed by atoms with Gasteiger partial charge < -0.3 is 4.90 Å². The van der Waals surface area contributed by atoms with Crippen LogP contribution in [0.5, 0.6) is 0 Å². The summed E-state index contributed by atoms with van der Waals surface area (Å²) in [6, 6.07) is 8.52. The van der Waals surface area contributed by atoms with Gasteiger partial charge in [-0.1, -0.05) is 85.9 Å². The number of carbonyl (C=O) groups excluding carboxylic acids is 1. The van der Waals surface area contributed by atoms with Gasteiger partial charge in [0.2, 0.25) is 5.91 Å². The molecule has 3 saturated carbocycles. The van der Waals surface area contributed by atoms with Gasteiger partial charge in [0.1, 0.15) is 0 Å². The minimum atomic E-state index is -0.279. The molecule has 3 aliphatic carbocycles. The Hall–Kier alpha value is 0.130. The Kier molecular flexibility index (Phi) is 4.06. The average molecular weight is 520 g/mol. The summed E-state index contributed by atoms with van der Waals surface area (Å²) in [4.78, 5) is 16.0. The number of fused-ring (bicyclic) bond motifs is 2. The van der Waals surface area contributed by atoms with Crippen molar-refractivity contribution in [2.45, 2.75) is 48.2 Å². The van der Waals surface area contributed by atoms with E-state index >= 15 is 0 Å². The molecule has 1 aromatic rings. The fourth-order valence-corrected chi connectivity index (χ4v) is 10.5. The minimum Gasteiger partial charge on any atom is -0.337 e. The SMILES string of the molecule is CC1(C)[C@]2(C(Br)Br)CC[C@@]1(C(=O)N1CCc3ccccc3C1)[C@@H]2Br. The highest BCUT2D eigenvalue weighted by atomic mass is 79.9. The molecule has 1 aromatic carbocycles. The highest BCUT2D eigenvalue weighted by Gasteiger charge is 2.83. The fraction of sp³-hybridized carbons (Fsp3) is 0.632. The summed E-state index contributed by atoms with van der Waals surface area (Å²) in [7, 11) is 0. The predicted octanol–water partition coefficient (Wildman–Crippen LogP) is 5.26. The summed E-state index contributed by atoms with van der Waals surface area (Å²) in [6.07, 6.45) is 3.02. The molecule has 3 atom stereocenters. The van der Waals surface area contributed by atoms with E-state index in [1.165, 1.54) is 11.1 Å². The zero-order valence-corrected chi connectivity index (χ0v) is 18.7. The Bertz CT molecular complexity index is 704. The number of halogens is 3. The van der Waals surface area contributed by atoms with Crippen molar-refractivity contribution in [1.82, 2.24) is 4.90 Å². The van der Waals surface area contributed by atoms with Crippen LogP contribution in [0, 0.1) is 16.2 Å². The van der Waals surface area contributed by atoms with E-state index < -0.39 is 0 Å². The third-order valence-electron chi connectivity index (χ3n) is 7.29. The first-order chi connectivity index (χ1) is 11.3. The molecule has 1 aliphatic heterocycles. The molecule has 4 aliphatic rings. The minimum absolute atomic E-state index is 0.0279. The summed E-state index contributed by atoms with van der Waals surface area (Å²) in [5.74, 6) is 0.345. The molecule has 1 amide bonds. The molecule has 5 heteroatoms. The number of benzene rings is 1. The molecule has 0 N–H and O–H groups in total. The Morgan fingerprint density at radius 2 is 1.88 bits per heavy atom. The van der Waals surface area contributed by atoms with E-state index in [-0.39, 0.29) is 24.8 Å². The molecule has 2 nitrogen and oxygen atoms in total. The molecule has 0 unspecified atom stereocenters. The summed E-state index contributed by atoms with van der Waals surface area (Å²) in [5.41, 5.74) is 2.49. The second-order valence-corrected chi connectivity index (χ2v) is 12.0. The maximum Gasteiger partial charge on any atom is 0.230 e. The number of hydrogen-bond acceptors (Lipinski definition) is 1. The molecule has 24 heavy (non-hydrogen) atoms. The first-order valence-electron chi connectivity index (χ1n) is 8.57. The van der Waals surface area contributed by atoms with Crippen molar-refractivity contribution >= 4 is 53.7 Å². The number of amides is 1. The lowest BCUT2D eigenvalue weighted by molar-refractivity contribution is -0.173. The van der Waals surface area contributed by atoms with Crippen LogP contribution in [-0.2, 0) is 17.8 Å². The summed E-state index contributed by atoms with van der Waals surface area (Å²) < 4.78 is 0.224. The molecular formula is C19H22Br3NO. The van der Waals surface area contributed by atoms with Gasteiger partial charge in [0.15, 0.2) is 0 Å². The van der Waals surface area contributed by atoms with E-state index in [0.29, 0.717) is 5.91 Å². The van der Waals surface area contributed by atoms with E-state index in [2.05, 4.69) is 90.8 Å². The Morgan fingerprint density at radius 1 is 1.21 bits per heavy atom. The maximum atomic E-state index is 13.6. The molecule has 0 aromatic heterocycles. The highest BCUT2D eigenvalue weighted by Crippen LogP contribution is 2.82. The van der Waals surface area contributed by atoms with Crippen molar-refractivity contribution in [3.8, 4) is 0 Å². The van der Waals surface area contributed by atoms with Crippen LogP contribution < -0.4 is 0 Å². The van der Waals surface area contributed by atoms with Crippen molar-refractivity contribution in [2.24, 2.45) is 16.2 Å². The van der Waals surface area contributed by atoms with E-state index in [0.717, 1.165) is 32.4 Å². The monoisotopic (exact) mass is 517 g/mol. The summed E-state index contributed by atoms with van der Waals surface area (Å²) in [5, 5.41) is 0. The zero-order valence-electron chi connectivity index (χ0n) is 14.0. The molecule has 0 spiro atoms. The van der Waals surface area contributed by atoms with Gasteiger partial charge in [-0.25, -0.2) is 0 Å². The van der Waals surface area contributed by atoms with Crippen molar-refractivity contribution in [1.29, 1.82) is 0 Å². The molecule has 1 heterocycles. The lowest BCUT2D eigenvalue weighted by atomic mass is 9.43. The Labute approximate surface area is 169 Å². The smallest absolute Gasteiger partial charge is 0.230 e. The van der Waals surface area contributed by atoms with Gasteiger partial charge >= 0.3 is 0 Å². The van der Waals surface area contributed by atoms with E-state index in [1.54, 1.807) is 0 Å². The van der Waals surface area contributed by atoms with Crippen LogP contribution in [0.25, 0.3) is 0 Å². The topological polar surface area (TPSA) is 20.3 Å². The van der Waals surface area contributed by atoms with Gasteiger partial charge in [-0.3, -0.25) is 4.79 Å². The second-order valence-electron chi connectivity index (χ2n) is 8.05. The van der Waals surface area contributed by atoms with Crippen LogP contribution in [0.2, 0.25) is 0 Å². The van der Waals surface area contributed by atoms with Crippen LogP contribution >= 0.6 is 47.8 Å². The number of rotatable bonds is 2. The Balaban J connectivity index is 1.65. The van der Waals surface area contributed by atoms with Gasteiger partial charge in [-0.15, -0.1) is 0 Å². The van der Waals surface area contributed by atoms with E-state index in [9.17, 15) is 4.79 Å². The normalized spacial score (nSPS) is 36.4. The van der Waals surface area contributed by atoms with Crippen molar-refractivity contribution in [3.05, 3.63) is 35.4 Å². The maximum absolute atomic E-state index is 13.6. The molecule has 130 valence electrons. The predicted molar refractivity (Wildman–Crippen MR) is 108 cm³/mol. The third kappa shape index (κ3) is 1.85. The number of hydrogen-bond donors (Lipinski definition) is 0. The van der Waals surface area contributed by atoms with Crippen molar-refractivity contribution in [3.63, 3.8) is 0 Å². The first-order valence-corrected chi connectivity index (χ1v) is 11.3. The van der Waals surface area contributed by atoms with E-state index in [4.69, 9.17) is 0 Å². The molecule has 0 radical (unpaired) electrons. The lowest BCUT2D eigenvalue weighted by Crippen LogP contribution is -2.72. The summed E-state index contributed by atoms with van der Waals surface area (Å²) >= 11 is 11.5. The highest BCUT2D eigenvalue weighted by molar-refractivity contribution is 9.24. The Morgan fingerprint density at radius 3 is 2.46 bits per heavy atom. The molecule has 0 saturated heterocycles. The van der Waals surface area contributed by atoms with Gasteiger partial charge in [-0.05, 0) is 35.8 Å². The molecular weight excluding hydrogens is 498 g/mol. The van der Waals surface area contributed by atoms with Gasteiger partial charge in [0.25, 0.3) is 0 Å². The van der Waals surface area contributed by atoms with E-state index in [1.807, 2.05) is 0 Å². The van der Waals surface area contributed by atoms with Crippen LogP contribution in [0.1, 0.15) is 37.8 Å². The largest absolute Gasteiger partial charge is 0.337 e. The van der Waals surface area contributed by atoms with Gasteiger partial charge in [0, 0.05) is 23.3 Å². The summed E-state index contributed by atoms with van der Waals surface area (Å²) in [6.45, 7) is 6.16.